The molecule has 9 heteroatoms. The van der Waals surface area contributed by atoms with Crippen molar-refractivity contribution in [2.24, 2.45) is 4.99 Å². The molecule has 30 heavy (non-hydrogen) atoms. The highest BCUT2D eigenvalue weighted by Gasteiger charge is 2.30. The molecule has 2 aliphatic heterocycles. The van der Waals surface area contributed by atoms with Crippen LogP contribution >= 0.6 is 24.0 Å². The molecule has 0 bridgehead atoms. The van der Waals surface area contributed by atoms with Crippen molar-refractivity contribution in [2.45, 2.75) is 39.3 Å². The predicted octanol–water partition coefficient (Wildman–Crippen LogP) is 1.80. The number of aromatic nitrogens is 1. The first-order valence-corrected chi connectivity index (χ1v) is 10.7. The number of carbonyl (C=O) groups excluding carboxylic acids is 1. The number of carbonyl (C=O) groups is 1. The van der Waals surface area contributed by atoms with Gasteiger partial charge in [-0.3, -0.25) is 14.7 Å². The zero-order chi connectivity index (χ0) is 20.6. The number of guanidine groups is 1. The lowest BCUT2D eigenvalue weighted by atomic mass is 10.2. The first-order valence-electron chi connectivity index (χ1n) is 10.7. The molecule has 0 aliphatic carbocycles. The van der Waals surface area contributed by atoms with E-state index in [1.54, 1.807) is 13.2 Å². The number of likely N-dealkylation sites (tertiary alicyclic amines) is 1. The second kappa shape index (κ2) is 12.3. The third-order valence-electron chi connectivity index (χ3n) is 5.72. The van der Waals surface area contributed by atoms with Gasteiger partial charge in [0.25, 0.3) is 0 Å². The third-order valence-corrected chi connectivity index (χ3v) is 5.72. The van der Waals surface area contributed by atoms with Crippen molar-refractivity contribution < 1.29 is 9.53 Å². The fraction of sp³-hybridized carbons (Fsp3) is 0.667. The fourth-order valence-corrected chi connectivity index (χ4v) is 4.01. The van der Waals surface area contributed by atoms with E-state index >= 15 is 0 Å². The lowest BCUT2D eigenvalue weighted by Gasteiger charge is -2.39. The number of hydrogen-bond acceptors (Lipinski definition) is 5. The van der Waals surface area contributed by atoms with E-state index in [1.807, 2.05) is 30.9 Å². The highest BCUT2D eigenvalue weighted by Crippen LogP contribution is 2.15. The van der Waals surface area contributed by atoms with E-state index in [9.17, 15) is 4.79 Å². The summed E-state index contributed by atoms with van der Waals surface area (Å²) in [4.78, 5) is 28.0. The number of rotatable bonds is 6. The fourth-order valence-electron chi connectivity index (χ4n) is 4.01. The van der Waals surface area contributed by atoms with Crippen LogP contribution in [0.15, 0.2) is 23.3 Å². The summed E-state index contributed by atoms with van der Waals surface area (Å²) in [6.07, 6.45) is 4.01. The molecule has 1 aromatic rings. The van der Waals surface area contributed by atoms with E-state index in [0.717, 1.165) is 63.6 Å². The molecule has 2 fully saturated rings. The van der Waals surface area contributed by atoms with Gasteiger partial charge in [0.1, 0.15) is 0 Å². The van der Waals surface area contributed by atoms with Gasteiger partial charge in [-0.2, -0.15) is 0 Å². The second-order valence-corrected chi connectivity index (χ2v) is 7.53. The van der Waals surface area contributed by atoms with Crippen LogP contribution in [0.1, 0.15) is 32.3 Å². The summed E-state index contributed by atoms with van der Waals surface area (Å²) in [5.74, 6) is 1.81. The van der Waals surface area contributed by atoms with Crippen molar-refractivity contribution in [2.75, 3.05) is 52.9 Å². The zero-order valence-corrected chi connectivity index (χ0v) is 20.7. The maximum atomic E-state index is 12.7. The number of piperazine rings is 1. The molecule has 0 aromatic carbocycles. The maximum Gasteiger partial charge on any atom is 0.239 e. The van der Waals surface area contributed by atoms with Crippen molar-refractivity contribution in [3.8, 4) is 5.88 Å². The van der Waals surface area contributed by atoms with Crippen LogP contribution in [-0.4, -0.2) is 90.5 Å². The monoisotopic (exact) mass is 530 g/mol. The average molecular weight is 530 g/mol. The Labute approximate surface area is 197 Å². The third kappa shape index (κ3) is 6.19. The topological polar surface area (TPSA) is 73.3 Å². The minimum Gasteiger partial charge on any atom is -0.478 e. The highest BCUT2D eigenvalue weighted by atomic mass is 127. The molecule has 1 atom stereocenters. The molecule has 0 spiro atoms. The van der Waals surface area contributed by atoms with E-state index in [-0.39, 0.29) is 35.9 Å². The van der Waals surface area contributed by atoms with E-state index in [0.29, 0.717) is 19.0 Å². The van der Waals surface area contributed by atoms with Crippen molar-refractivity contribution in [3.05, 3.63) is 23.9 Å². The number of nitrogens with one attached hydrogen (secondary N) is 1. The van der Waals surface area contributed by atoms with Gasteiger partial charge in [0.2, 0.25) is 11.8 Å². The van der Waals surface area contributed by atoms with Gasteiger partial charge in [-0.1, -0.05) is 6.07 Å². The average Bonchev–Trinajstić information content (AvgIpc) is 3.30. The standard InChI is InChI=1S/C21H34N6O2.HI/c1-4-29-19-18(8-7-9-23-19)16-24-21(22-3)27-14-12-25(13-15-27)17(2)20(28)26-10-5-6-11-26;/h7-9,17H,4-6,10-16H2,1-3H3,(H,22,24);1H. The molecule has 0 radical (unpaired) electrons. The Kier molecular flexibility index (Phi) is 10.1. The SMILES string of the molecule is CCOc1ncccc1CNC(=NC)N1CCN(C(C)C(=O)N2CCCC2)CC1.I. The molecule has 3 heterocycles. The smallest absolute Gasteiger partial charge is 0.239 e. The van der Waals surface area contributed by atoms with Gasteiger partial charge in [-0.05, 0) is 32.8 Å². The lowest BCUT2D eigenvalue weighted by molar-refractivity contribution is -0.135. The molecule has 1 amide bonds. The van der Waals surface area contributed by atoms with Gasteiger partial charge >= 0.3 is 0 Å². The van der Waals surface area contributed by atoms with Crippen LogP contribution in [0.2, 0.25) is 0 Å². The van der Waals surface area contributed by atoms with Crippen molar-refractivity contribution in [1.29, 1.82) is 0 Å². The quantitative estimate of drug-likeness (QED) is 0.344. The molecular weight excluding hydrogens is 495 g/mol. The number of nitrogens with zero attached hydrogens (tertiary/aromatic N) is 5. The number of amides is 1. The molecule has 1 unspecified atom stereocenters. The summed E-state index contributed by atoms with van der Waals surface area (Å²) in [5, 5.41) is 3.43. The highest BCUT2D eigenvalue weighted by molar-refractivity contribution is 14.0. The normalized spacial score (nSPS) is 18.7. The van der Waals surface area contributed by atoms with E-state index < -0.39 is 0 Å². The van der Waals surface area contributed by atoms with Gasteiger partial charge in [-0.25, -0.2) is 4.98 Å². The van der Waals surface area contributed by atoms with Crippen LogP contribution in [0.3, 0.4) is 0 Å². The molecule has 2 aliphatic rings. The Morgan fingerprint density at radius 3 is 2.53 bits per heavy atom. The van der Waals surface area contributed by atoms with Gasteiger partial charge in [-0.15, -0.1) is 24.0 Å². The van der Waals surface area contributed by atoms with Crippen molar-refractivity contribution in [1.82, 2.24) is 25.0 Å². The first kappa shape index (κ1) is 24.6. The summed E-state index contributed by atoms with van der Waals surface area (Å²) in [5.41, 5.74) is 1.01. The number of hydrogen-bond donors (Lipinski definition) is 1. The van der Waals surface area contributed by atoms with Crippen LogP contribution in [0.5, 0.6) is 5.88 Å². The largest absolute Gasteiger partial charge is 0.478 e. The Morgan fingerprint density at radius 2 is 1.90 bits per heavy atom. The molecule has 8 nitrogen and oxygen atoms in total. The second-order valence-electron chi connectivity index (χ2n) is 7.53. The first-order chi connectivity index (χ1) is 14.1. The Balaban J connectivity index is 0.00000320. The van der Waals surface area contributed by atoms with Gasteiger partial charge in [0, 0.05) is 64.6 Å². The predicted molar refractivity (Wildman–Crippen MR) is 129 cm³/mol. The van der Waals surface area contributed by atoms with Crippen LogP contribution < -0.4 is 10.1 Å². The van der Waals surface area contributed by atoms with Crippen LogP contribution in [0.25, 0.3) is 0 Å². The van der Waals surface area contributed by atoms with E-state index in [2.05, 4.69) is 25.1 Å². The Bertz CT molecular complexity index is 702. The van der Waals surface area contributed by atoms with Crippen LogP contribution in [0.4, 0.5) is 0 Å². The minimum atomic E-state index is -0.0469. The van der Waals surface area contributed by atoms with Crippen molar-refractivity contribution in [3.63, 3.8) is 0 Å². The number of aliphatic imine (C=N–C) groups is 1. The van der Waals surface area contributed by atoms with E-state index in [1.165, 1.54) is 0 Å². The summed E-state index contributed by atoms with van der Waals surface area (Å²) in [6, 6.07) is 3.89. The maximum absolute atomic E-state index is 12.7. The van der Waals surface area contributed by atoms with Gasteiger partial charge < -0.3 is 19.9 Å². The van der Waals surface area contributed by atoms with Crippen LogP contribution in [-0.2, 0) is 11.3 Å². The molecular formula is C21H35IN6O2. The summed E-state index contributed by atoms with van der Waals surface area (Å²) >= 11 is 0. The lowest BCUT2D eigenvalue weighted by Crippen LogP contribution is -2.57. The number of pyridine rings is 1. The van der Waals surface area contributed by atoms with E-state index in [4.69, 9.17) is 4.74 Å². The van der Waals surface area contributed by atoms with Gasteiger partial charge in [0.05, 0.1) is 12.6 Å². The minimum absolute atomic E-state index is 0. The molecule has 0 saturated carbocycles. The van der Waals surface area contributed by atoms with Crippen molar-refractivity contribution >= 4 is 35.8 Å². The number of ether oxygens (including phenoxy) is 1. The Hall–Kier alpha value is -1.62. The molecule has 1 aromatic heterocycles. The molecule has 2 saturated heterocycles. The van der Waals surface area contributed by atoms with Crippen LogP contribution in [0, 0.1) is 0 Å². The summed E-state index contributed by atoms with van der Waals surface area (Å²) < 4.78 is 5.61. The summed E-state index contributed by atoms with van der Waals surface area (Å²) in [6.45, 7) is 10.5. The molecule has 168 valence electrons. The summed E-state index contributed by atoms with van der Waals surface area (Å²) in [7, 11) is 1.81. The molecule has 1 N–H and O–H groups in total. The Morgan fingerprint density at radius 1 is 1.20 bits per heavy atom. The number of halogens is 1. The van der Waals surface area contributed by atoms with Gasteiger partial charge in [0.15, 0.2) is 5.96 Å². The zero-order valence-electron chi connectivity index (χ0n) is 18.3. The molecule has 3 rings (SSSR count).